The quantitative estimate of drug-likeness (QED) is 0.681. The number of amides is 1. The second-order valence-corrected chi connectivity index (χ2v) is 7.95. The summed E-state index contributed by atoms with van der Waals surface area (Å²) >= 11 is 7.06. The first kappa shape index (κ1) is 18.7. The van der Waals surface area contributed by atoms with E-state index in [-0.39, 0.29) is 21.8 Å². The Balaban J connectivity index is 1.57. The van der Waals surface area contributed by atoms with Gasteiger partial charge >= 0.3 is 5.69 Å². The van der Waals surface area contributed by atoms with Crippen LogP contribution >= 0.6 is 23.1 Å². The number of aromatic nitrogens is 3. The van der Waals surface area contributed by atoms with Crippen molar-refractivity contribution in [2.45, 2.75) is 6.92 Å². The molecule has 0 saturated carbocycles. The van der Waals surface area contributed by atoms with Crippen LogP contribution in [-0.2, 0) is 7.05 Å². The fourth-order valence-electron chi connectivity index (χ4n) is 3.36. The third-order valence-corrected chi connectivity index (χ3v) is 6.08. The third kappa shape index (κ3) is 3.10. The Labute approximate surface area is 169 Å². The van der Waals surface area contributed by atoms with E-state index in [4.69, 9.17) is 11.6 Å². The van der Waals surface area contributed by atoms with Gasteiger partial charge in [0.1, 0.15) is 4.88 Å². The minimum absolute atomic E-state index is 0.114. The zero-order valence-electron chi connectivity index (χ0n) is 15.4. The Hall–Kier alpha value is -2.65. The standard InChI is InChI=1S/C18H18ClN5O3S/c1-10-3-4-11(19)9-12(10)23-5-7-24(8-6-23)17(26)15-13-14(21-28-15)16(25)22(2)18(27)20-13/h3-4,9H,5-8H2,1-2H3,(H,20,27). The molecule has 1 aliphatic rings. The van der Waals surface area contributed by atoms with Crippen LogP contribution in [0.15, 0.2) is 27.8 Å². The molecule has 0 atom stereocenters. The molecule has 146 valence electrons. The number of fused-ring (bicyclic) bond motifs is 1. The van der Waals surface area contributed by atoms with E-state index >= 15 is 0 Å². The molecule has 1 aliphatic heterocycles. The number of piperazine rings is 1. The molecular formula is C18H18ClN5O3S. The van der Waals surface area contributed by atoms with Crippen LogP contribution in [0.5, 0.6) is 0 Å². The van der Waals surface area contributed by atoms with E-state index in [0.717, 1.165) is 27.4 Å². The average molecular weight is 420 g/mol. The number of hydrogen-bond donors (Lipinski definition) is 1. The van der Waals surface area contributed by atoms with E-state index in [2.05, 4.69) is 14.3 Å². The van der Waals surface area contributed by atoms with E-state index in [1.54, 1.807) is 4.90 Å². The van der Waals surface area contributed by atoms with Gasteiger partial charge in [0.15, 0.2) is 5.52 Å². The van der Waals surface area contributed by atoms with Crippen LogP contribution in [0.4, 0.5) is 5.69 Å². The van der Waals surface area contributed by atoms with Gasteiger partial charge in [-0.15, -0.1) is 0 Å². The predicted octanol–water partition coefficient (Wildman–Crippen LogP) is 1.61. The smallest absolute Gasteiger partial charge is 0.328 e. The highest BCUT2D eigenvalue weighted by molar-refractivity contribution is 7.09. The van der Waals surface area contributed by atoms with Crippen molar-refractivity contribution in [2.75, 3.05) is 31.1 Å². The Kier molecular flexibility index (Phi) is 4.72. The number of nitrogens with zero attached hydrogens (tertiary/aromatic N) is 4. The number of aromatic amines is 1. The molecule has 3 heterocycles. The van der Waals surface area contributed by atoms with Crippen molar-refractivity contribution in [3.63, 3.8) is 0 Å². The van der Waals surface area contributed by atoms with Crippen LogP contribution in [0.1, 0.15) is 15.2 Å². The SMILES string of the molecule is Cc1ccc(Cl)cc1N1CCN(C(=O)c2snc3c(=O)n(C)c(=O)[nH]c23)CC1. The molecule has 1 amide bonds. The summed E-state index contributed by atoms with van der Waals surface area (Å²) in [7, 11) is 1.37. The van der Waals surface area contributed by atoms with Crippen LogP contribution in [0.3, 0.4) is 0 Å². The lowest BCUT2D eigenvalue weighted by molar-refractivity contribution is 0.0753. The molecule has 0 radical (unpaired) electrons. The molecule has 2 aromatic heterocycles. The molecule has 1 N–H and O–H groups in total. The summed E-state index contributed by atoms with van der Waals surface area (Å²) in [6, 6.07) is 5.78. The summed E-state index contributed by atoms with van der Waals surface area (Å²) in [6.45, 7) is 4.42. The number of aryl methyl sites for hydroxylation is 1. The van der Waals surface area contributed by atoms with Crippen molar-refractivity contribution in [2.24, 2.45) is 7.05 Å². The van der Waals surface area contributed by atoms with Gasteiger partial charge in [-0.05, 0) is 36.2 Å². The van der Waals surface area contributed by atoms with Crippen molar-refractivity contribution >= 4 is 45.8 Å². The first-order valence-electron chi connectivity index (χ1n) is 8.76. The normalized spacial score (nSPS) is 14.7. The Morgan fingerprint density at radius 3 is 2.64 bits per heavy atom. The minimum Gasteiger partial charge on any atom is -0.368 e. The van der Waals surface area contributed by atoms with E-state index in [1.165, 1.54) is 7.05 Å². The van der Waals surface area contributed by atoms with Crippen LogP contribution < -0.4 is 16.1 Å². The highest BCUT2D eigenvalue weighted by atomic mass is 35.5. The van der Waals surface area contributed by atoms with Crippen molar-refractivity contribution in [1.82, 2.24) is 18.8 Å². The number of nitrogens with one attached hydrogen (secondary N) is 1. The number of rotatable bonds is 2. The van der Waals surface area contributed by atoms with Crippen LogP contribution in [0, 0.1) is 6.92 Å². The van der Waals surface area contributed by atoms with Crippen LogP contribution in [-0.4, -0.2) is 50.9 Å². The fourth-order valence-corrected chi connectivity index (χ4v) is 4.32. The van der Waals surface area contributed by atoms with Gasteiger partial charge in [-0.1, -0.05) is 17.7 Å². The van der Waals surface area contributed by atoms with E-state index in [1.807, 2.05) is 25.1 Å². The molecule has 3 aromatic rings. The number of H-pyrrole nitrogens is 1. The van der Waals surface area contributed by atoms with E-state index < -0.39 is 11.2 Å². The van der Waals surface area contributed by atoms with Gasteiger partial charge in [-0.25, -0.2) is 4.79 Å². The summed E-state index contributed by atoms with van der Waals surface area (Å²) < 4.78 is 5.03. The van der Waals surface area contributed by atoms with Crippen molar-refractivity contribution in [3.8, 4) is 0 Å². The highest BCUT2D eigenvalue weighted by Gasteiger charge is 2.27. The maximum absolute atomic E-state index is 13.0. The summed E-state index contributed by atoms with van der Waals surface area (Å²) in [5.74, 6) is -0.223. The second-order valence-electron chi connectivity index (χ2n) is 6.74. The molecule has 0 unspecified atom stereocenters. The molecule has 0 spiro atoms. The Bertz CT molecular complexity index is 1190. The zero-order chi connectivity index (χ0) is 20.0. The number of carbonyl (C=O) groups excluding carboxylic acids is 1. The summed E-state index contributed by atoms with van der Waals surface area (Å²) in [5, 5.41) is 0.681. The molecule has 1 fully saturated rings. The number of halogens is 1. The number of hydrogen-bond acceptors (Lipinski definition) is 6. The van der Waals surface area contributed by atoms with Gasteiger partial charge in [0, 0.05) is 43.9 Å². The zero-order valence-corrected chi connectivity index (χ0v) is 16.9. The lowest BCUT2D eigenvalue weighted by Gasteiger charge is -2.36. The molecule has 8 nitrogen and oxygen atoms in total. The van der Waals surface area contributed by atoms with Crippen LogP contribution in [0.2, 0.25) is 5.02 Å². The summed E-state index contributed by atoms with van der Waals surface area (Å²) in [5.41, 5.74) is 1.46. The first-order valence-corrected chi connectivity index (χ1v) is 9.91. The Morgan fingerprint density at radius 1 is 1.21 bits per heavy atom. The third-order valence-electron chi connectivity index (χ3n) is 5.01. The maximum atomic E-state index is 13.0. The van der Waals surface area contributed by atoms with Crippen molar-refractivity contribution < 1.29 is 4.79 Å². The largest absolute Gasteiger partial charge is 0.368 e. The summed E-state index contributed by atoms with van der Waals surface area (Å²) in [4.78, 5) is 43.9. The fraction of sp³-hybridized carbons (Fsp3) is 0.333. The van der Waals surface area contributed by atoms with Crippen molar-refractivity contribution in [3.05, 3.63) is 54.5 Å². The van der Waals surface area contributed by atoms with Gasteiger partial charge in [-0.3, -0.25) is 14.2 Å². The average Bonchev–Trinajstić information content (AvgIpc) is 3.11. The maximum Gasteiger partial charge on any atom is 0.328 e. The lowest BCUT2D eigenvalue weighted by atomic mass is 10.1. The van der Waals surface area contributed by atoms with E-state index in [9.17, 15) is 14.4 Å². The number of carbonyl (C=O) groups is 1. The molecule has 0 bridgehead atoms. The lowest BCUT2D eigenvalue weighted by Crippen LogP contribution is -2.49. The number of anilines is 1. The molecule has 0 aliphatic carbocycles. The van der Waals surface area contributed by atoms with Gasteiger partial charge in [0.25, 0.3) is 11.5 Å². The monoisotopic (exact) mass is 419 g/mol. The molecular weight excluding hydrogens is 402 g/mol. The van der Waals surface area contributed by atoms with Gasteiger partial charge in [-0.2, -0.15) is 4.37 Å². The van der Waals surface area contributed by atoms with Crippen LogP contribution in [0.25, 0.3) is 11.0 Å². The second kappa shape index (κ2) is 7.06. The molecule has 1 saturated heterocycles. The van der Waals surface area contributed by atoms with Gasteiger partial charge in [0.05, 0.1) is 5.52 Å². The minimum atomic E-state index is -0.562. The van der Waals surface area contributed by atoms with Crippen molar-refractivity contribution in [1.29, 1.82) is 0 Å². The first-order chi connectivity index (χ1) is 13.4. The highest BCUT2D eigenvalue weighted by Crippen LogP contribution is 2.26. The van der Waals surface area contributed by atoms with Gasteiger partial charge < -0.3 is 14.8 Å². The molecule has 1 aromatic carbocycles. The number of benzene rings is 1. The van der Waals surface area contributed by atoms with Gasteiger partial charge in [0.2, 0.25) is 0 Å². The summed E-state index contributed by atoms with van der Waals surface area (Å²) in [6.07, 6.45) is 0. The van der Waals surface area contributed by atoms with E-state index in [0.29, 0.717) is 31.2 Å². The predicted molar refractivity (Wildman–Crippen MR) is 110 cm³/mol. The Morgan fingerprint density at radius 2 is 1.93 bits per heavy atom. The molecule has 4 rings (SSSR count). The molecule has 10 heteroatoms. The molecule has 28 heavy (non-hydrogen) atoms. The topological polar surface area (TPSA) is 91.3 Å².